The second kappa shape index (κ2) is 7.17. The van der Waals surface area contributed by atoms with Gasteiger partial charge in [-0.3, -0.25) is 14.9 Å². The first-order chi connectivity index (χ1) is 10.8. The molecule has 0 spiro atoms. The maximum Gasteiger partial charge on any atom is 0.269 e. The number of aromatic amines is 1. The predicted octanol–water partition coefficient (Wildman–Crippen LogP) is 2.02. The summed E-state index contributed by atoms with van der Waals surface area (Å²) in [4.78, 5) is 16.1. The molecule has 1 fully saturated rings. The van der Waals surface area contributed by atoms with Crippen molar-refractivity contribution in [2.45, 2.75) is 19.3 Å². The first-order valence-electron chi connectivity index (χ1n) is 7.64. The summed E-state index contributed by atoms with van der Waals surface area (Å²) in [5.41, 5.74) is 2.16. The van der Waals surface area contributed by atoms with E-state index in [1.807, 2.05) is 12.1 Å². The van der Waals surface area contributed by atoms with Crippen LogP contribution < -0.4 is 5.32 Å². The number of rotatable bonds is 5. The summed E-state index contributed by atoms with van der Waals surface area (Å²) in [6, 6.07) is 5.48. The van der Waals surface area contributed by atoms with Crippen molar-refractivity contribution in [1.29, 1.82) is 0 Å². The van der Waals surface area contributed by atoms with E-state index in [2.05, 4.69) is 20.5 Å². The fourth-order valence-corrected chi connectivity index (χ4v) is 2.63. The molecule has 2 aromatic rings. The monoisotopic (exact) mass is 300 g/mol. The predicted molar refractivity (Wildman–Crippen MR) is 82.3 cm³/mol. The molecule has 6 nitrogen and oxygen atoms in total. The maximum atomic E-state index is 12.1. The number of hydrogen-bond donors (Lipinski definition) is 2. The Balaban J connectivity index is 1.51. The van der Waals surface area contributed by atoms with Crippen molar-refractivity contribution in [1.82, 2.24) is 20.5 Å². The van der Waals surface area contributed by atoms with Gasteiger partial charge in [0.15, 0.2) is 0 Å². The van der Waals surface area contributed by atoms with E-state index < -0.39 is 0 Å². The molecule has 1 aliphatic rings. The quantitative estimate of drug-likeness (QED) is 0.885. The average Bonchev–Trinajstić information content (AvgIpc) is 3.07. The van der Waals surface area contributed by atoms with Crippen LogP contribution in [-0.4, -0.2) is 40.8 Å². The molecule has 1 amide bonds. The van der Waals surface area contributed by atoms with Crippen LogP contribution in [0, 0.1) is 5.92 Å². The van der Waals surface area contributed by atoms with Crippen LogP contribution in [0.2, 0.25) is 0 Å². The van der Waals surface area contributed by atoms with E-state index >= 15 is 0 Å². The summed E-state index contributed by atoms with van der Waals surface area (Å²) in [5, 5.41) is 9.89. The van der Waals surface area contributed by atoms with Crippen molar-refractivity contribution in [2.75, 3.05) is 19.8 Å². The number of pyridine rings is 1. The molecule has 3 heterocycles. The van der Waals surface area contributed by atoms with Crippen LogP contribution in [0.3, 0.4) is 0 Å². The number of amides is 1. The molecule has 6 heteroatoms. The molecular formula is C16H20N4O2. The second-order valence-corrected chi connectivity index (χ2v) is 5.53. The standard InChI is InChI=1S/C16H20N4O2/c21-16(18-8-3-12-2-1-9-22-11-12)15-10-14(19-20-15)13-4-6-17-7-5-13/h4-7,10,12H,1-3,8-9,11H2,(H,18,21)(H,19,20)/t12-/m0/s1. The molecule has 0 bridgehead atoms. The van der Waals surface area contributed by atoms with Crippen LogP contribution in [0.5, 0.6) is 0 Å². The number of carbonyl (C=O) groups is 1. The Labute approximate surface area is 129 Å². The van der Waals surface area contributed by atoms with Crippen molar-refractivity contribution in [2.24, 2.45) is 5.92 Å². The first-order valence-corrected chi connectivity index (χ1v) is 7.64. The van der Waals surface area contributed by atoms with Gasteiger partial charge in [-0.05, 0) is 43.4 Å². The van der Waals surface area contributed by atoms with Gasteiger partial charge in [0.1, 0.15) is 5.69 Å². The third-order valence-electron chi connectivity index (χ3n) is 3.89. The molecule has 1 saturated heterocycles. The van der Waals surface area contributed by atoms with Crippen molar-refractivity contribution in [3.63, 3.8) is 0 Å². The van der Waals surface area contributed by atoms with Crippen molar-refractivity contribution >= 4 is 5.91 Å². The number of ether oxygens (including phenoxy) is 1. The van der Waals surface area contributed by atoms with Gasteiger partial charge in [0.2, 0.25) is 0 Å². The summed E-state index contributed by atoms with van der Waals surface area (Å²) >= 11 is 0. The number of nitrogens with zero attached hydrogens (tertiary/aromatic N) is 2. The second-order valence-electron chi connectivity index (χ2n) is 5.53. The smallest absolute Gasteiger partial charge is 0.269 e. The van der Waals surface area contributed by atoms with E-state index in [9.17, 15) is 4.79 Å². The molecule has 1 aliphatic heterocycles. The number of aromatic nitrogens is 3. The van der Waals surface area contributed by atoms with E-state index in [4.69, 9.17) is 4.74 Å². The maximum absolute atomic E-state index is 12.1. The van der Waals surface area contributed by atoms with Gasteiger partial charge in [0.05, 0.1) is 5.69 Å². The van der Waals surface area contributed by atoms with Gasteiger partial charge in [-0.1, -0.05) is 0 Å². The fraction of sp³-hybridized carbons (Fsp3) is 0.438. The molecule has 3 rings (SSSR count). The molecule has 0 aromatic carbocycles. The normalized spacial score (nSPS) is 18.1. The third kappa shape index (κ3) is 3.71. The lowest BCUT2D eigenvalue weighted by Gasteiger charge is -2.21. The minimum atomic E-state index is -0.121. The molecule has 0 unspecified atom stereocenters. The Morgan fingerprint density at radius 3 is 3.05 bits per heavy atom. The van der Waals surface area contributed by atoms with Crippen LogP contribution in [0.15, 0.2) is 30.6 Å². The molecule has 0 saturated carbocycles. The Morgan fingerprint density at radius 1 is 1.41 bits per heavy atom. The zero-order chi connectivity index (χ0) is 15.2. The number of carbonyl (C=O) groups excluding carboxylic acids is 1. The van der Waals surface area contributed by atoms with Gasteiger partial charge in [-0.15, -0.1) is 0 Å². The van der Waals surface area contributed by atoms with Gasteiger partial charge in [-0.25, -0.2) is 0 Å². The number of nitrogens with one attached hydrogen (secondary N) is 2. The van der Waals surface area contributed by atoms with Gasteiger partial charge >= 0.3 is 0 Å². The topological polar surface area (TPSA) is 79.9 Å². The van der Waals surface area contributed by atoms with Crippen LogP contribution in [0.25, 0.3) is 11.3 Å². The lowest BCUT2D eigenvalue weighted by atomic mass is 9.99. The molecule has 116 valence electrons. The summed E-state index contributed by atoms with van der Waals surface area (Å²) in [7, 11) is 0. The third-order valence-corrected chi connectivity index (χ3v) is 3.89. The lowest BCUT2D eigenvalue weighted by molar-refractivity contribution is 0.0514. The van der Waals surface area contributed by atoms with Crippen molar-refractivity contribution < 1.29 is 9.53 Å². The molecule has 1 atom stereocenters. The molecule has 2 N–H and O–H groups in total. The largest absolute Gasteiger partial charge is 0.381 e. The summed E-state index contributed by atoms with van der Waals surface area (Å²) in [6.07, 6.45) is 6.67. The highest BCUT2D eigenvalue weighted by Crippen LogP contribution is 2.17. The Morgan fingerprint density at radius 2 is 2.27 bits per heavy atom. The number of H-pyrrole nitrogens is 1. The highest BCUT2D eigenvalue weighted by Gasteiger charge is 2.15. The van der Waals surface area contributed by atoms with E-state index in [-0.39, 0.29) is 5.91 Å². The van der Waals surface area contributed by atoms with Gasteiger partial charge < -0.3 is 10.1 Å². The Hall–Kier alpha value is -2.21. The van der Waals surface area contributed by atoms with E-state index in [0.717, 1.165) is 37.3 Å². The molecule has 2 aromatic heterocycles. The van der Waals surface area contributed by atoms with Crippen LogP contribution >= 0.6 is 0 Å². The van der Waals surface area contributed by atoms with Crippen LogP contribution in [0.4, 0.5) is 0 Å². The Kier molecular flexibility index (Phi) is 4.80. The molecule has 22 heavy (non-hydrogen) atoms. The van der Waals surface area contributed by atoms with Crippen LogP contribution in [-0.2, 0) is 4.74 Å². The Bertz CT molecular complexity index is 606. The van der Waals surface area contributed by atoms with E-state index in [1.54, 1.807) is 18.5 Å². The SMILES string of the molecule is O=C(NCC[C@@H]1CCCOC1)c1cc(-c2ccncc2)n[nH]1. The highest BCUT2D eigenvalue weighted by atomic mass is 16.5. The minimum Gasteiger partial charge on any atom is -0.381 e. The number of hydrogen-bond acceptors (Lipinski definition) is 4. The van der Waals surface area contributed by atoms with Crippen LogP contribution in [0.1, 0.15) is 29.8 Å². The summed E-state index contributed by atoms with van der Waals surface area (Å²) in [5.74, 6) is 0.438. The average molecular weight is 300 g/mol. The lowest BCUT2D eigenvalue weighted by Crippen LogP contribution is -2.28. The highest BCUT2D eigenvalue weighted by molar-refractivity contribution is 5.93. The van der Waals surface area contributed by atoms with Gasteiger partial charge in [0.25, 0.3) is 5.91 Å². The van der Waals surface area contributed by atoms with Crippen molar-refractivity contribution in [3.05, 3.63) is 36.3 Å². The van der Waals surface area contributed by atoms with Crippen molar-refractivity contribution in [3.8, 4) is 11.3 Å². The minimum absolute atomic E-state index is 0.121. The first kappa shape index (κ1) is 14.7. The van der Waals surface area contributed by atoms with Gasteiger partial charge in [-0.2, -0.15) is 5.10 Å². The van der Waals surface area contributed by atoms with Gasteiger partial charge in [0, 0.05) is 37.7 Å². The summed E-state index contributed by atoms with van der Waals surface area (Å²) < 4.78 is 5.44. The zero-order valence-corrected chi connectivity index (χ0v) is 12.4. The summed E-state index contributed by atoms with van der Waals surface area (Å²) in [6.45, 7) is 2.34. The fourth-order valence-electron chi connectivity index (χ4n) is 2.63. The van der Waals surface area contributed by atoms with E-state index in [0.29, 0.717) is 18.2 Å². The van der Waals surface area contributed by atoms with E-state index in [1.165, 1.54) is 6.42 Å². The molecule has 0 radical (unpaired) electrons. The molecule has 0 aliphatic carbocycles. The molecular weight excluding hydrogens is 280 g/mol. The zero-order valence-electron chi connectivity index (χ0n) is 12.4.